The molecule has 0 fully saturated rings. The number of nitrogens with zero attached hydrogens (tertiary/aromatic N) is 2. The summed E-state index contributed by atoms with van der Waals surface area (Å²) in [6, 6.07) is -0.295. The quantitative estimate of drug-likeness (QED) is 0.242. The Morgan fingerprint density at radius 3 is 2.31 bits per heavy atom. The molecule has 2 amide bonds. The van der Waals surface area contributed by atoms with Gasteiger partial charge in [-0.2, -0.15) is 0 Å². The maximum Gasteiger partial charge on any atom is 0.317 e. The molecule has 0 aliphatic carbocycles. The number of amides is 2. The molecule has 0 saturated heterocycles. The third-order valence-electron chi connectivity index (χ3n) is 1.57. The number of urea groups is 1. The molecule has 0 saturated carbocycles. The average Bonchev–Trinajstić information content (AvgIpc) is 2.01. The van der Waals surface area contributed by atoms with Crippen LogP contribution in [0.5, 0.6) is 0 Å². The van der Waals surface area contributed by atoms with Crippen LogP contribution in [-0.4, -0.2) is 41.6 Å². The van der Waals surface area contributed by atoms with Crippen molar-refractivity contribution >= 4 is 11.9 Å². The van der Waals surface area contributed by atoms with Crippen LogP contribution in [-0.2, 0) is 0 Å². The molecule has 0 atom stereocenters. The largest absolute Gasteiger partial charge is 0.409 e. The van der Waals surface area contributed by atoms with E-state index in [9.17, 15) is 4.79 Å². The van der Waals surface area contributed by atoms with Gasteiger partial charge in [0.2, 0.25) is 0 Å². The summed E-state index contributed by atoms with van der Waals surface area (Å²) in [6.07, 6.45) is 0. The highest BCUT2D eigenvalue weighted by atomic mass is 16.4. The molecule has 0 aromatic carbocycles. The molecule has 0 aliphatic rings. The first-order valence-corrected chi connectivity index (χ1v) is 3.78. The van der Waals surface area contributed by atoms with Crippen LogP contribution < -0.4 is 11.1 Å². The van der Waals surface area contributed by atoms with Gasteiger partial charge in [0.1, 0.15) is 0 Å². The van der Waals surface area contributed by atoms with E-state index in [0.29, 0.717) is 0 Å². The van der Waals surface area contributed by atoms with E-state index in [4.69, 9.17) is 10.9 Å². The Balaban J connectivity index is 4.43. The summed E-state index contributed by atoms with van der Waals surface area (Å²) in [7, 11) is 3.22. The smallest absolute Gasteiger partial charge is 0.317 e. The zero-order valence-electron chi connectivity index (χ0n) is 8.33. The molecular weight excluding hydrogens is 172 g/mol. The number of carbonyl (C=O) groups is 1. The number of oxime groups is 1. The SMILES string of the molecule is CN(C)C(=O)NC(C)(C)C(N)=NO. The molecule has 0 rings (SSSR count). The topological polar surface area (TPSA) is 91.0 Å². The lowest BCUT2D eigenvalue weighted by Gasteiger charge is -2.26. The molecule has 0 bridgehead atoms. The number of nitrogens with one attached hydrogen (secondary N) is 1. The maximum absolute atomic E-state index is 11.2. The molecule has 13 heavy (non-hydrogen) atoms. The van der Waals surface area contributed by atoms with Crippen molar-refractivity contribution < 1.29 is 10.0 Å². The van der Waals surface area contributed by atoms with Gasteiger partial charge in [-0.25, -0.2) is 4.79 Å². The van der Waals surface area contributed by atoms with Gasteiger partial charge in [0.25, 0.3) is 0 Å². The molecule has 4 N–H and O–H groups in total. The van der Waals surface area contributed by atoms with Crippen molar-refractivity contribution in [2.75, 3.05) is 14.1 Å². The van der Waals surface area contributed by atoms with E-state index >= 15 is 0 Å². The van der Waals surface area contributed by atoms with Crippen LogP contribution in [0.2, 0.25) is 0 Å². The first-order valence-electron chi connectivity index (χ1n) is 3.78. The number of rotatable bonds is 2. The summed E-state index contributed by atoms with van der Waals surface area (Å²) in [5.74, 6) is -0.0392. The molecule has 0 aliphatic heterocycles. The van der Waals surface area contributed by atoms with Crippen LogP contribution in [0.4, 0.5) is 4.79 Å². The zero-order valence-corrected chi connectivity index (χ0v) is 8.33. The van der Waals surface area contributed by atoms with E-state index in [1.165, 1.54) is 4.90 Å². The molecule has 0 heterocycles. The van der Waals surface area contributed by atoms with E-state index in [1.54, 1.807) is 27.9 Å². The minimum absolute atomic E-state index is 0.0392. The van der Waals surface area contributed by atoms with Crippen molar-refractivity contribution in [2.45, 2.75) is 19.4 Å². The van der Waals surface area contributed by atoms with Crippen molar-refractivity contribution in [3.8, 4) is 0 Å². The lowest BCUT2D eigenvalue weighted by atomic mass is 10.1. The predicted octanol–water partition coefficient (Wildman–Crippen LogP) is -0.217. The second-order valence-corrected chi connectivity index (χ2v) is 3.43. The van der Waals surface area contributed by atoms with Gasteiger partial charge in [0, 0.05) is 14.1 Å². The highest BCUT2D eigenvalue weighted by Crippen LogP contribution is 2.02. The van der Waals surface area contributed by atoms with Crippen LogP contribution in [0.1, 0.15) is 13.8 Å². The lowest BCUT2D eigenvalue weighted by molar-refractivity contribution is 0.211. The molecule has 0 unspecified atom stereocenters. The van der Waals surface area contributed by atoms with E-state index < -0.39 is 5.54 Å². The molecule has 0 radical (unpaired) electrons. The molecule has 0 aromatic rings. The number of amidine groups is 1. The third kappa shape index (κ3) is 3.18. The van der Waals surface area contributed by atoms with Crippen LogP contribution in [0, 0.1) is 0 Å². The Hall–Kier alpha value is -1.46. The second-order valence-electron chi connectivity index (χ2n) is 3.43. The summed E-state index contributed by atoms with van der Waals surface area (Å²) in [5.41, 5.74) is 4.51. The highest BCUT2D eigenvalue weighted by molar-refractivity contribution is 5.92. The standard InChI is InChI=1S/C7H16N4O2/c1-7(2,5(8)10-13)9-6(12)11(3)4/h13H,1-4H3,(H2,8,10)(H,9,12). The molecular formula is C7H16N4O2. The number of carbonyl (C=O) groups excluding carboxylic acids is 1. The normalized spacial score (nSPS) is 12.5. The minimum atomic E-state index is -0.851. The number of hydrogen-bond donors (Lipinski definition) is 3. The summed E-state index contributed by atoms with van der Waals surface area (Å²) in [6.45, 7) is 3.28. The van der Waals surface area contributed by atoms with Crippen LogP contribution in [0.15, 0.2) is 5.16 Å². The lowest BCUT2D eigenvalue weighted by Crippen LogP contribution is -2.55. The summed E-state index contributed by atoms with van der Waals surface area (Å²) < 4.78 is 0. The first-order chi connectivity index (χ1) is 5.81. The monoisotopic (exact) mass is 188 g/mol. The van der Waals surface area contributed by atoms with Crippen molar-refractivity contribution in [3.63, 3.8) is 0 Å². The Morgan fingerprint density at radius 2 is 2.00 bits per heavy atom. The predicted molar refractivity (Wildman–Crippen MR) is 49.7 cm³/mol. The third-order valence-corrected chi connectivity index (χ3v) is 1.57. The average molecular weight is 188 g/mol. The Morgan fingerprint density at radius 1 is 1.54 bits per heavy atom. The van der Waals surface area contributed by atoms with Gasteiger partial charge < -0.3 is 21.2 Å². The van der Waals surface area contributed by atoms with E-state index in [-0.39, 0.29) is 11.9 Å². The van der Waals surface area contributed by atoms with Crippen LogP contribution in [0.3, 0.4) is 0 Å². The summed E-state index contributed by atoms with van der Waals surface area (Å²) in [4.78, 5) is 12.6. The molecule has 6 heteroatoms. The Kier molecular flexibility index (Phi) is 3.53. The van der Waals surface area contributed by atoms with E-state index in [1.807, 2.05) is 0 Å². The van der Waals surface area contributed by atoms with Gasteiger partial charge in [-0.1, -0.05) is 5.16 Å². The van der Waals surface area contributed by atoms with Crippen molar-refractivity contribution in [3.05, 3.63) is 0 Å². The van der Waals surface area contributed by atoms with E-state index in [0.717, 1.165) is 0 Å². The van der Waals surface area contributed by atoms with Gasteiger partial charge in [-0.3, -0.25) is 0 Å². The fraction of sp³-hybridized carbons (Fsp3) is 0.714. The van der Waals surface area contributed by atoms with Crippen molar-refractivity contribution in [1.29, 1.82) is 0 Å². The second kappa shape index (κ2) is 3.97. The number of hydrogen-bond acceptors (Lipinski definition) is 3. The van der Waals surface area contributed by atoms with Gasteiger partial charge in [-0.15, -0.1) is 0 Å². The first kappa shape index (κ1) is 11.5. The van der Waals surface area contributed by atoms with Crippen molar-refractivity contribution in [2.24, 2.45) is 10.9 Å². The fourth-order valence-electron chi connectivity index (χ4n) is 0.568. The van der Waals surface area contributed by atoms with Crippen LogP contribution in [0.25, 0.3) is 0 Å². The van der Waals surface area contributed by atoms with E-state index in [2.05, 4.69) is 10.5 Å². The Bertz CT molecular complexity index is 223. The van der Waals surface area contributed by atoms with Crippen molar-refractivity contribution in [1.82, 2.24) is 10.2 Å². The number of nitrogens with two attached hydrogens (primary N) is 1. The molecule has 76 valence electrons. The molecule has 0 spiro atoms. The fourth-order valence-corrected chi connectivity index (χ4v) is 0.568. The highest BCUT2D eigenvalue weighted by Gasteiger charge is 2.26. The van der Waals surface area contributed by atoms with Gasteiger partial charge >= 0.3 is 6.03 Å². The van der Waals surface area contributed by atoms with Gasteiger partial charge in [0.05, 0.1) is 5.54 Å². The molecule has 6 nitrogen and oxygen atoms in total. The maximum atomic E-state index is 11.2. The Labute approximate surface area is 77.4 Å². The van der Waals surface area contributed by atoms with Gasteiger partial charge in [-0.05, 0) is 13.8 Å². The zero-order chi connectivity index (χ0) is 10.6. The molecule has 0 aromatic heterocycles. The van der Waals surface area contributed by atoms with Gasteiger partial charge in [0.15, 0.2) is 5.84 Å². The summed E-state index contributed by atoms with van der Waals surface area (Å²) in [5, 5.41) is 13.8. The summed E-state index contributed by atoms with van der Waals surface area (Å²) >= 11 is 0. The van der Waals surface area contributed by atoms with Crippen LogP contribution >= 0.6 is 0 Å². The minimum Gasteiger partial charge on any atom is -0.409 e.